The molecule has 0 saturated carbocycles. The molecule has 9 nitrogen and oxygen atoms in total. The highest BCUT2D eigenvalue weighted by Gasteiger charge is 2.14. The van der Waals surface area contributed by atoms with Gasteiger partial charge in [0, 0.05) is 23.7 Å². The van der Waals surface area contributed by atoms with Gasteiger partial charge in [0.05, 0.1) is 17.8 Å². The fraction of sp³-hybridized carbons (Fsp3) is 0.812. The quantitative estimate of drug-likeness (QED) is 0.189. The zero-order valence-corrected chi connectivity index (χ0v) is 19.2. The summed E-state index contributed by atoms with van der Waals surface area (Å²) < 4.78 is 0. The summed E-state index contributed by atoms with van der Waals surface area (Å²) in [6, 6.07) is 0. The summed E-state index contributed by atoms with van der Waals surface area (Å²) in [6.07, 6.45) is 0.566. The van der Waals surface area contributed by atoms with E-state index in [1.807, 2.05) is 0 Å². The number of carboxylic acids is 3. The molecule has 0 aromatic heterocycles. The van der Waals surface area contributed by atoms with E-state index < -0.39 is 23.9 Å². The van der Waals surface area contributed by atoms with Crippen molar-refractivity contribution in [3.8, 4) is 0 Å². The lowest BCUT2D eigenvalue weighted by Crippen LogP contribution is -2.26. The summed E-state index contributed by atoms with van der Waals surface area (Å²) in [7, 11) is 0. The van der Waals surface area contributed by atoms with Gasteiger partial charge in [-0.2, -0.15) is 37.9 Å². The van der Waals surface area contributed by atoms with E-state index in [2.05, 4.69) is 37.9 Å². The smallest absolute Gasteiger partial charge is 0.307 e. The minimum Gasteiger partial charge on any atom is -0.481 e. The number of thiol groups is 3. The SMILES string of the molecule is CC(CS)C(=O)O.CC(CS)C(=O)O.CC(CS)C(=O)O.CCCC(O)(O)O. The highest BCUT2D eigenvalue weighted by molar-refractivity contribution is 7.80. The third kappa shape index (κ3) is 33.0. The predicted octanol–water partition coefficient (Wildman–Crippen LogP) is 1.33. The van der Waals surface area contributed by atoms with Crippen LogP contribution < -0.4 is 0 Å². The Balaban J connectivity index is -0.000000137. The van der Waals surface area contributed by atoms with Gasteiger partial charge in [0.15, 0.2) is 0 Å². The summed E-state index contributed by atoms with van der Waals surface area (Å²) in [4.78, 5) is 29.6. The summed E-state index contributed by atoms with van der Waals surface area (Å²) in [6.45, 7) is 6.61. The molecule has 0 bridgehead atoms. The predicted molar refractivity (Wildman–Crippen MR) is 116 cm³/mol. The highest BCUT2D eigenvalue weighted by atomic mass is 32.1. The van der Waals surface area contributed by atoms with Crippen molar-refractivity contribution >= 4 is 55.8 Å². The summed E-state index contributed by atoms with van der Waals surface area (Å²) in [5.74, 6) is -4.51. The summed E-state index contributed by atoms with van der Waals surface area (Å²) >= 11 is 11.3. The molecule has 12 heteroatoms. The van der Waals surface area contributed by atoms with Crippen molar-refractivity contribution in [3.05, 3.63) is 0 Å². The van der Waals surface area contributed by atoms with E-state index in [0.717, 1.165) is 0 Å². The molecule has 0 aromatic carbocycles. The average molecular weight is 467 g/mol. The minimum absolute atomic E-state index is 0.00694. The molecule has 0 rings (SSSR count). The number of carbonyl (C=O) groups is 3. The van der Waals surface area contributed by atoms with E-state index in [1.165, 1.54) is 0 Å². The van der Waals surface area contributed by atoms with Crippen molar-refractivity contribution in [2.45, 2.75) is 46.5 Å². The van der Waals surface area contributed by atoms with Crippen LogP contribution in [0, 0.1) is 17.8 Å². The second-order valence-electron chi connectivity index (χ2n) is 5.79. The monoisotopic (exact) mass is 466 g/mol. The lowest BCUT2D eigenvalue weighted by atomic mass is 10.2. The van der Waals surface area contributed by atoms with Crippen LogP contribution in [0.3, 0.4) is 0 Å². The maximum Gasteiger partial charge on any atom is 0.307 e. The molecule has 0 amide bonds. The van der Waals surface area contributed by atoms with E-state index in [0.29, 0.717) is 23.7 Å². The van der Waals surface area contributed by atoms with Crippen LogP contribution in [-0.2, 0) is 14.4 Å². The molecule has 0 aliphatic carbocycles. The van der Waals surface area contributed by atoms with Crippen LogP contribution in [-0.4, -0.2) is 71.8 Å². The lowest BCUT2D eigenvalue weighted by Gasteiger charge is -2.10. The topological polar surface area (TPSA) is 173 Å². The molecule has 3 unspecified atom stereocenters. The van der Waals surface area contributed by atoms with Crippen molar-refractivity contribution in [2.24, 2.45) is 17.8 Å². The van der Waals surface area contributed by atoms with Crippen LogP contribution in [0.25, 0.3) is 0 Å². The van der Waals surface area contributed by atoms with Crippen LogP contribution in [0.2, 0.25) is 0 Å². The molecule has 0 radical (unpaired) electrons. The third-order valence-electron chi connectivity index (χ3n) is 2.67. The Labute approximate surface area is 182 Å². The van der Waals surface area contributed by atoms with E-state index in [4.69, 9.17) is 30.6 Å². The Morgan fingerprint density at radius 3 is 0.929 bits per heavy atom. The number of aliphatic hydroxyl groups is 3. The summed E-state index contributed by atoms with van der Waals surface area (Å²) in [5, 5.41) is 48.8. The van der Waals surface area contributed by atoms with E-state index in [9.17, 15) is 14.4 Å². The molecule has 0 saturated heterocycles. The maximum atomic E-state index is 9.88. The maximum absolute atomic E-state index is 9.88. The van der Waals surface area contributed by atoms with Gasteiger partial charge in [-0.05, 0) is 6.42 Å². The van der Waals surface area contributed by atoms with Gasteiger partial charge in [-0.1, -0.05) is 27.7 Å². The van der Waals surface area contributed by atoms with Crippen molar-refractivity contribution in [3.63, 3.8) is 0 Å². The molecular weight excluding hydrogens is 432 g/mol. The third-order valence-corrected chi connectivity index (χ3v) is 4.31. The van der Waals surface area contributed by atoms with Crippen molar-refractivity contribution < 1.29 is 45.0 Å². The molecule has 0 aromatic rings. The minimum atomic E-state index is -2.45. The molecule has 170 valence electrons. The fourth-order valence-electron chi connectivity index (χ4n) is 0.570. The number of carboxylic acid groups (broad SMARTS) is 3. The number of rotatable bonds is 8. The Bertz CT molecular complexity index is 367. The van der Waals surface area contributed by atoms with E-state index in [1.54, 1.807) is 27.7 Å². The summed E-state index contributed by atoms with van der Waals surface area (Å²) in [5.41, 5.74) is 0. The Kier molecular flexibility index (Phi) is 26.2. The van der Waals surface area contributed by atoms with Crippen molar-refractivity contribution in [1.29, 1.82) is 0 Å². The van der Waals surface area contributed by atoms with Crippen molar-refractivity contribution in [2.75, 3.05) is 17.3 Å². The number of hydrogen-bond acceptors (Lipinski definition) is 9. The van der Waals surface area contributed by atoms with Gasteiger partial charge in [-0.25, -0.2) is 0 Å². The highest BCUT2D eigenvalue weighted by Crippen LogP contribution is 2.01. The van der Waals surface area contributed by atoms with Crippen LogP contribution in [0.15, 0.2) is 0 Å². The van der Waals surface area contributed by atoms with Crippen molar-refractivity contribution in [1.82, 2.24) is 0 Å². The van der Waals surface area contributed by atoms with Gasteiger partial charge < -0.3 is 30.6 Å². The molecule has 0 aliphatic heterocycles. The normalized spacial score (nSPS) is 13.1. The first-order valence-electron chi connectivity index (χ1n) is 8.29. The number of hydrogen-bond donors (Lipinski definition) is 9. The molecule has 6 N–H and O–H groups in total. The fourth-order valence-corrected chi connectivity index (χ4v) is 1.04. The first kappa shape index (κ1) is 34.8. The molecule has 3 atom stereocenters. The van der Waals surface area contributed by atoms with Gasteiger partial charge in [-0.3, -0.25) is 14.4 Å². The average Bonchev–Trinajstić information content (AvgIpc) is 2.59. The Morgan fingerprint density at radius 2 is 0.929 bits per heavy atom. The molecule has 0 aliphatic rings. The Hall–Kier alpha value is -0.660. The molecule has 28 heavy (non-hydrogen) atoms. The second kappa shape index (κ2) is 21.1. The molecule has 0 spiro atoms. The van der Waals surface area contributed by atoms with Gasteiger partial charge in [0.25, 0.3) is 5.97 Å². The van der Waals surface area contributed by atoms with Gasteiger partial charge >= 0.3 is 17.9 Å². The van der Waals surface area contributed by atoms with Crippen LogP contribution in [0.1, 0.15) is 40.5 Å². The molecule has 0 heterocycles. The van der Waals surface area contributed by atoms with Gasteiger partial charge in [0.2, 0.25) is 0 Å². The van der Waals surface area contributed by atoms with E-state index >= 15 is 0 Å². The van der Waals surface area contributed by atoms with E-state index in [-0.39, 0.29) is 24.2 Å². The molecular formula is C16H34O9S3. The van der Waals surface area contributed by atoms with Crippen LogP contribution in [0.5, 0.6) is 0 Å². The van der Waals surface area contributed by atoms with Crippen LogP contribution in [0.4, 0.5) is 0 Å². The first-order valence-corrected chi connectivity index (χ1v) is 10.2. The van der Waals surface area contributed by atoms with Crippen LogP contribution >= 0.6 is 37.9 Å². The zero-order chi connectivity index (χ0) is 23.5. The largest absolute Gasteiger partial charge is 0.481 e. The second-order valence-corrected chi connectivity index (χ2v) is 6.89. The standard InChI is InChI=1S/C4H10O3.3C4H8O2S/c1-2-3-4(5,6)7;3*1-3(2-7)4(5)6/h5-7H,2-3H2,1H3;3*3,7H,2H2,1H3,(H,5,6). The lowest BCUT2D eigenvalue weighted by molar-refractivity contribution is -0.314. The van der Waals surface area contributed by atoms with Gasteiger partial charge in [-0.15, -0.1) is 0 Å². The molecule has 0 fully saturated rings. The van der Waals surface area contributed by atoms with Gasteiger partial charge in [0.1, 0.15) is 0 Å². The zero-order valence-electron chi connectivity index (χ0n) is 16.5. The Morgan fingerprint density at radius 1 is 0.714 bits per heavy atom. The number of aliphatic carboxylic acids is 3. The first-order chi connectivity index (χ1) is 12.6.